The molecule has 0 N–H and O–H groups in total. The summed E-state index contributed by atoms with van der Waals surface area (Å²) in [5.41, 5.74) is 1.70. The fraction of sp³-hybridized carbons (Fsp3) is 0.435. The van der Waals surface area contributed by atoms with Crippen molar-refractivity contribution in [3.63, 3.8) is 0 Å². The first-order valence-corrected chi connectivity index (χ1v) is 11.5. The maximum Gasteiger partial charge on any atom is 0.410 e. The molecule has 7 heteroatoms. The average Bonchev–Trinajstić information content (AvgIpc) is 3.20. The van der Waals surface area contributed by atoms with Gasteiger partial charge < -0.3 is 14.5 Å². The largest absolute Gasteiger partial charge is 0.439 e. The van der Waals surface area contributed by atoms with E-state index in [4.69, 9.17) is 4.74 Å². The van der Waals surface area contributed by atoms with Gasteiger partial charge in [-0.2, -0.15) is 0 Å². The number of cyclic esters (lactones) is 1. The fourth-order valence-electron chi connectivity index (χ4n) is 4.04. The molecular weight excluding hydrogens is 398 g/mol. The van der Waals surface area contributed by atoms with Crippen molar-refractivity contribution in [2.75, 3.05) is 25.4 Å². The van der Waals surface area contributed by atoms with Crippen molar-refractivity contribution in [2.45, 2.75) is 43.4 Å². The van der Waals surface area contributed by atoms with Gasteiger partial charge >= 0.3 is 6.09 Å². The van der Waals surface area contributed by atoms with Crippen molar-refractivity contribution in [3.05, 3.63) is 59.8 Å². The summed E-state index contributed by atoms with van der Waals surface area (Å²) >= 11 is 1.63. The molecule has 1 aromatic carbocycles. The zero-order chi connectivity index (χ0) is 20.9. The van der Waals surface area contributed by atoms with Crippen molar-refractivity contribution in [1.82, 2.24) is 14.8 Å². The van der Waals surface area contributed by atoms with Crippen molar-refractivity contribution >= 4 is 23.8 Å². The van der Waals surface area contributed by atoms with E-state index in [2.05, 4.69) is 11.9 Å². The maximum atomic E-state index is 13.1. The summed E-state index contributed by atoms with van der Waals surface area (Å²) in [7, 11) is 0. The molecule has 158 valence electrons. The molecule has 2 fully saturated rings. The zero-order valence-electron chi connectivity index (χ0n) is 17.2. The fourth-order valence-corrected chi connectivity index (χ4v) is 4.88. The molecule has 3 heterocycles. The summed E-state index contributed by atoms with van der Waals surface area (Å²) in [4.78, 5) is 33.7. The number of hydrogen-bond donors (Lipinski definition) is 0. The standard InChI is InChI=1S/C23H27N3O3S/c1-2-15-30-21-19(9-6-12-24-21)22(27)25-13-10-18(11-14-25)26-16-20(29-23(26)28)17-7-4-3-5-8-17/h3-9,12,18,20H,2,10-11,13-16H2,1H3. The van der Waals surface area contributed by atoms with Gasteiger partial charge in [0.25, 0.3) is 5.91 Å². The van der Waals surface area contributed by atoms with Crippen LogP contribution in [-0.2, 0) is 4.74 Å². The number of pyridine rings is 1. The highest BCUT2D eigenvalue weighted by Gasteiger charge is 2.38. The third-order valence-corrected chi connectivity index (χ3v) is 6.86. The van der Waals surface area contributed by atoms with Gasteiger partial charge in [-0.05, 0) is 42.7 Å². The number of piperidine rings is 1. The Kier molecular flexibility index (Phi) is 6.57. The van der Waals surface area contributed by atoms with Crippen molar-refractivity contribution in [3.8, 4) is 0 Å². The van der Waals surface area contributed by atoms with E-state index in [1.54, 1.807) is 18.0 Å². The molecule has 2 aromatic rings. The lowest BCUT2D eigenvalue weighted by atomic mass is 10.0. The van der Waals surface area contributed by atoms with E-state index in [9.17, 15) is 9.59 Å². The smallest absolute Gasteiger partial charge is 0.410 e. The Bertz CT molecular complexity index is 884. The minimum Gasteiger partial charge on any atom is -0.439 e. The van der Waals surface area contributed by atoms with Crippen LogP contribution in [-0.4, -0.2) is 58.2 Å². The van der Waals surface area contributed by atoms with Crippen LogP contribution >= 0.6 is 11.8 Å². The number of aromatic nitrogens is 1. The third-order valence-electron chi connectivity index (χ3n) is 5.65. The van der Waals surface area contributed by atoms with E-state index in [1.165, 1.54) is 0 Å². The molecule has 0 saturated carbocycles. The van der Waals surface area contributed by atoms with Gasteiger partial charge in [0.1, 0.15) is 11.1 Å². The molecule has 1 unspecified atom stereocenters. The first-order chi connectivity index (χ1) is 14.7. The summed E-state index contributed by atoms with van der Waals surface area (Å²) in [6, 6.07) is 13.7. The quantitative estimate of drug-likeness (QED) is 0.643. The van der Waals surface area contributed by atoms with Gasteiger partial charge in [0.05, 0.1) is 12.1 Å². The Morgan fingerprint density at radius 2 is 1.93 bits per heavy atom. The van der Waals surface area contributed by atoms with E-state index in [-0.39, 0.29) is 24.1 Å². The Hall–Kier alpha value is -2.54. The van der Waals surface area contributed by atoms with Crippen molar-refractivity contribution in [1.29, 1.82) is 0 Å². The minimum absolute atomic E-state index is 0.0336. The molecule has 2 saturated heterocycles. The number of carbonyl (C=O) groups excluding carboxylic acids is 2. The third kappa shape index (κ3) is 4.46. The maximum absolute atomic E-state index is 13.1. The van der Waals surface area contributed by atoms with E-state index >= 15 is 0 Å². The molecule has 30 heavy (non-hydrogen) atoms. The number of carbonyl (C=O) groups is 2. The van der Waals surface area contributed by atoms with Crippen molar-refractivity contribution < 1.29 is 14.3 Å². The molecule has 0 radical (unpaired) electrons. The number of nitrogens with zero attached hydrogens (tertiary/aromatic N) is 3. The lowest BCUT2D eigenvalue weighted by molar-refractivity contribution is 0.0654. The number of rotatable bonds is 6. The SMILES string of the molecule is CCCSc1ncccc1C(=O)N1CCC(N2CC(c3ccccc3)OC2=O)CC1. The lowest BCUT2D eigenvalue weighted by Crippen LogP contribution is -2.47. The molecular formula is C23H27N3O3S. The first-order valence-electron chi connectivity index (χ1n) is 10.6. The summed E-state index contributed by atoms with van der Waals surface area (Å²) in [6.45, 7) is 3.96. The molecule has 1 aromatic heterocycles. The first kappa shape index (κ1) is 20.7. The molecule has 4 rings (SSSR count). The van der Waals surface area contributed by atoms with Crippen LogP contribution in [0.25, 0.3) is 0 Å². The number of benzene rings is 1. The minimum atomic E-state index is -0.251. The van der Waals surface area contributed by atoms with Gasteiger partial charge in [0.2, 0.25) is 0 Å². The Balaban J connectivity index is 1.36. The van der Waals surface area contributed by atoms with Gasteiger partial charge in [-0.3, -0.25) is 4.79 Å². The van der Waals surface area contributed by atoms with Crippen LogP contribution in [0.5, 0.6) is 0 Å². The van der Waals surface area contributed by atoms with E-state index in [0.29, 0.717) is 25.2 Å². The highest BCUT2D eigenvalue weighted by atomic mass is 32.2. The monoisotopic (exact) mass is 425 g/mol. The molecule has 0 aliphatic carbocycles. The second-order valence-electron chi connectivity index (χ2n) is 7.66. The van der Waals surface area contributed by atoms with Crippen LogP contribution in [0.4, 0.5) is 4.79 Å². The van der Waals surface area contributed by atoms with Gasteiger partial charge in [-0.15, -0.1) is 11.8 Å². The molecule has 0 spiro atoms. The van der Waals surface area contributed by atoms with Gasteiger partial charge in [-0.25, -0.2) is 9.78 Å². The topological polar surface area (TPSA) is 62.7 Å². The second kappa shape index (κ2) is 9.51. The lowest BCUT2D eigenvalue weighted by Gasteiger charge is -2.35. The number of thioether (sulfide) groups is 1. The number of amides is 2. The zero-order valence-corrected chi connectivity index (χ0v) is 18.0. The predicted octanol–water partition coefficient (Wildman–Crippen LogP) is 4.38. The molecule has 2 amide bonds. The van der Waals surface area contributed by atoms with Gasteiger partial charge in [0.15, 0.2) is 0 Å². The van der Waals surface area contributed by atoms with Crippen LogP contribution < -0.4 is 0 Å². The average molecular weight is 426 g/mol. The highest BCUT2D eigenvalue weighted by Crippen LogP contribution is 2.31. The Morgan fingerprint density at radius 3 is 2.67 bits per heavy atom. The molecule has 0 bridgehead atoms. The summed E-state index contributed by atoms with van der Waals surface area (Å²) in [5.74, 6) is 0.977. The van der Waals surface area contributed by atoms with Crippen LogP contribution in [0.15, 0.2) is 53.7 Å². The molecule has 2 aliphatic rings. The van der Waals surface area contributed by atoms with E-state index in [1.807, 2.05) is 52.3 Å². The number of likely N-dealkylation sites (tertiary alicyclic amines) is 1. The Morgan fingerprint density at radius 1 is 1.17 bits per heavy atom. The summed E-state index contributed by atoms with van der Waals surface area (Å²) < 4.78 is 5.61. The van der Waals surface area contributed by atoms with Crippen molar-refractivity contribution in [2.24, 2.45) is 0 Å². The number of hydrogen-bond acceptors (Lipinski definition) is 5. The van der Waals surface area contributed by atoms with Crippen LogP contribution in [0.1, 0.15) is 48.2 Å². The molecule has 1 atom stereocenters. The molecule has 2 aliphatic heterocycles. The number of ether oxygens (including phenoxy) is 1. The summed E-state index contributed by atoms with van der Waals surface area (Å²) in [6.07, 6.45) is 3.84. The van der Waals surface area contributed by atoms with Gasteiger partial charge in [-0.1, -0.05) is 37.3 Å². The van der Waals surface area contributed by atoms with Crippen LogP contribution in [0.3, 0.4) is 0 Å². The predicted molar refractivity (Wildman–Crippen MR) is 117 cm³/mol. The Labute approximate surface area is 181 Å². The normalized spacial score (nSPS) is 19.8. The highest BCUT2D eigenvalue weighted by molar-refractivity contribution is 7.99. The summed E-state index contributed by atoms with van der Waals surface area (Å²) in [5, 5.41) is 0.806. The van der Waals surface area contributed by atoms with E-state index in [0.717, 1.165) is 35.6 Å². The molecule has 6 nitrogen and oxygen atoms in total. The second-order valence-corrected chi connectivity index (χ2v) is 8.75. The van der Waals surface area contributed by atoms with Gasteiger partial charge in [0, 0.05) is 25.3 Å². The van der Waals surface area contributed by atoms with E-state index < -0.39 is 0 Å². The van der Waals surface area contributed by atoms with Crippen LogP contribution in [0, 0.1) is 0 Å². The van der Waals surface area contributed by atoms with Crippen LogP contribution in [0.2, 0.25) is 0 Å².